The molecule has 0 amide bonds. The molecule has 1 aliphatic carbocycles. The van der Waals surface area contributed by atoms with Crippen molar-refractivity contribution in [3.05, 3.63) is 47.7 Å². The molecule has 1 aromatic carbocycles. The molecule has 3 aromatic rings. The van der Waals surface area contributed by atoms with Gasteiger partial charge in [-0.2, -0.15) is 18.3 Å². The maximum absolute atomic E-state index is 12.8. The van der Waals surface area contributed by atoms with E-state index in [9.17, 15) is 13.2 Å². The SMILES string of the molecule is Cn1nccc1-c1nnc(SCCCN2CCC3(C[C@@H]3c3ccc(C(F)(F)F)cc3)C2)n1C. The van der Waals surface area contributed by atoms with Crippen molar-refractivity contribution in [2.45, 2.75) is 36.5 Å². The maximum Gasteiger partial charge on any atom is 0.416 e. The summed E-state index contributed by atoms with van der Waals surface area (Å²) in [6, 6.07) is 7.71. The molecule has 2 atom stereocenters. The molecule has 0 radical (unpaired) electrons. The molecule has 0 N–H and O–H groups in total. The van der Waals surface area contributed by atoms with Crippen molar-refractivity contribution in [2.24, 2.45) is 19.5 Å². The summed E-state index contributed by atoms with van der Waals surface area (Å²) >= 11 is 1.71. The summed E-state index contributed by atoms with van der Waals surface area (Å²) in [5.41, 5.74) is 1.68. The minimum Gasteiger partial charge on any atom is -0.304 e. The van der Waals surface area contributed by atoms with Crippen molar-refractivity contribution < 1.29 is 13.2 Å². The summed E-state index contributed by atoms with van der Waals surface area (Å²) in [6.07, 6.45) is 0.747. The molecule has 3 heterocycles. The number of thioether (sulfide) groups is 1. The zero-order valence-electron chi connectivity index (χ0n) is 18.7. The van der Waals surface area contributed by atoms with E-state index in [0.717, 1.165) is 66.9 Å². The van der Waals surface area contributed by atoms with Gasteiger partial charge >= 0.3 is 6.18 Å². The third kappa shape index (κ3) is 4.42. The monoisotopic (exact) mass is 476 g/mol. The van der Waals surface area contributed by atoms with E-state index in [2.05, 4.69) is 20.2 Å². The number of rotatable bonds is 7. The molecule has 6 nitrogen and oxygen atoms in total. The molecule has 1 saturated heterocycles. The Bertz CT molecular complexity index is 1120. The van der Waals surface area contributed by atoms with Gasteiger partial charge in [0.2, 0.25) is 0 Å². The third-order valence-corrected chi connectivity index (χ3v) is 8.14. The summed E-state index contributed by atoms with van der Waals surface area (Å²) in [5, 5.41) is 13.7. The number of benzene rings is 1. The van der Waals surface area contributed by atoms with Crippen molar-refractivity contribution in [3.63, 3.8) is 0 Å². The molecule has 1 aliphatic heterocycles. The van der Waals surface area contributed by atoms with Crippen molar-refractivity contribution in [2.75, 3.05) is 25.4 Å². The molecule has 1 saturated carbocycles. The Morgan fingerprint density at radius 2 is 1.91 bits per heavy atom. The van der Waals surface area contributed by atoms with E-state index in [1.165, 1.54) is 12.1 Å². The largest absolute Gasteiger partial charge is 0.416 e. The topological polar surface area (TPSA) is 51.8 Å². The number of alkyl halides is 3. The number of nitrogens with zero attached hydrogens (tertiary/aromatic N) is 6. The van der Waals surface area contributed by atoms with Gasteiger partial charge in [-0.25, -0.2) is 0 Å². The Morgan fingerprint density at radius 3 is 2.61 bits per heavy atom. The van der Waals surface area contributed by atoms with Gasteiger partial charge in [-0.15, -0.1) is 10.2 Å². The molecular weight excluding hydrogens is 449 g/mol. The molecule has 0 bridgehead atoms. The van der Waals surface area contributed by atoms with Gasteiger partial charge in [-0.05, 0) is 67.4 Å². The van der Waals surface area contributed by atoms with Crippen LogP contribution in [0.2, 0.25) is 0 Å². The normalized spacial score (nSPS) is 23.0. The molecule has 1 spiro atoms. The molecule has 5 rings (SSSR count). The molecule has 176 valence electrons. The average Bonchev–Trinajstić information content (AvgIpc) is 3.05. The highest BCUT2D eigenvalue weighted by Gasteiger charge is 2.57. The number of likely N-dealkylation sites (tertiary alicyclic amines) is 1. The van der Waals surface area contributed by atoms with E-state index in [1.807, 2.05) is 24.7 Å². The van der Waals surface area contributed by atoms with E-state index in [1.54, 1.807) is 34.8 Å². The second kappa shape index (κ2) is 8.47. The smallest absolute Gasteiger partial charge is 0.304 e. The van der Waals surface area contributed by atoms with Crippen LogP contribution >= 0.6 is 11.8 Å². The summed E-state index contributed by atoms with van der Waals surface area (Å²) in [4.78, 5) is 2.50. The third-order valence-electron chi connectivity index (χ3n) is 7.03. The summed E-state index contributed by atoms with van der Waals surface area (Å²) in [5.74, 6) is 2.16. The standard InChI is InChI=1S/C23H27F3N6S/c1-30-20(19-8-10-27-31(19)2)28-29-21(30)33-13-3-11-32-12-9-22(15-32)14-18(22)16-4-6-17(7-5-16)23(24,25)26/h4-8,10,18H,3,9,11-15H2,1-2H3/t18-,22?/m1/s1. The quantitative estimate of drug-likeness (QED) is 0.369. The number of hydrogen-bond acceptors (Lipinski definition) is 5. The van der Waals surface area contributed by atoms with Crippen molar-refractivity contribution >= 4 is 11.8 Å². The maximum atomic E-state index is 12.8. The highest BCUT2D eigenvalue weighted by Crippen LogP contribution is 2.64. The Balaban J connectivity index is 1.09. The lowest BCUT2D eigenvalue weighted by molar-refractivity contribution is -0.137. The van der Waals surface area contributed by atoms with E-state index >= 15 is 0 Å². The highest BCUT2D eigenvalue weighted by molar-refractivity contribution is 7.99. The van der Waals surface area contributed by atoms with Crippen LogP contribution in [0, 0.1) is 5.41 Å². The van der Waals surface area contributed by atoms with Gasteiger partial charge in [0.1, 0.15) is 5.69 Å². The van der Waals surface area contributed by atoms with Gasteiger partial charge in [0.15, 0.2) is 11.0 Å². The lowest BCUT2D eigenvalue weighted by Gasteiger charge is -2.16. The van der Waals surface area contributed by atoms with Crippen LogP contribution in [0.1, 0.15) is 36.3 Å². The molecular formula is C23H27F3N6S. The molecule has 2 aromatic heterocycles. The summed E-state index contributed by atoms with van der Waals surface area (Å²) < 4.78 is 42.3. The van der Waals surface area contributed by atoms with Crippen LogP contribution in [-0.4, -0.2) is 54.8 Å². The molecule has 10 heteroatoms. The minimum absolute atomic E-state index is 0.258. The fourth-order valence-corrected chi connectivity index (χ4v) is 5.89. The van der Waals surface area contributed by atoms with Gasteiger partial charge in [-0.1, -0.05) is 23.9 Å². The second-order valence-corrected chi connectivity index (χ2v) is 10.2. The van der Waals surface area contributed by atoms with Gasteiger partial charge in [0.05, 0.1) is 5.56 Å². The van der Waals surface area contributed by atoms with Crippen LogP contribution in [0.25, 0.3) is 11.5 Å². The first kappa shape index (κ1) is 22.5. The predicted molar refractivity (Wildman–Crippen MR) is 121 cm³/mol. The van der Waals surface area contributed by atoms with Crippen LogP contribution < -0.4 is 0 Å². The summed E-state index contributed by atoms with van der Waals surface area (Å²) in [7, 11) is 3.87. The average molecular weight is 477 g/mol. The van der Waals surface area contributed by atoms with E-state index in [0.29, 0.717) is 5.92 Å². The Morgan fingerprint density at radius 1 is 1.12 bits per heavy atom. The number of aromatic nitrogens is 5. The van der Waals surface area contributed by atoms with E-state index < -0.39 is 11.7 Å². The molecule has 2 fully saturated rings. The first-order valence-electron chi connectivity index (χ1n) is 11.2. The first-order valence-corrected chi connectivity index (χ1v) is 12.2. The Hall–Kier alpha value is -2.33. The number of halogens is 3. The van der Waals surface area contributed by atoms with E-state index in [4.69, 9.17) is 0 Å². The lowest BCUT2D eigenvalue weighted by Crippen LogP contribution is -2.23. The first-order chi connectivity index (χ1) is 15.8. The molecule has 33 heavy (non-hydrogen) atoms. The second-order valence-electron chi connectivity index (χ2n) is 9.17. The van der Waals surface area contributed by atoms with Crippen LogP contribution in [-0.2, 0) is 20.3 Å². The van der Waals surface area contributed by atoms with E-state index in [-0.39, 0.29) is 5.41 Å². The van der Waals surface area contributed by atoms with Gasteiger partial charge in [-0.3, -0.25) is 4.68 Å². The van der Waals surface area contributed by atoms with Crippen molar-refractivity contribution in [1.29, 1.82) is 0 Å². The lowest BCUT2D eigenvalue weighted by atomic mass is 9.97. The number of hydrogen-bond donors (Lipinski definition) is 0. The van der Waals surface area contributed by atoms with Crippen molar-refractivity contribution in [3.8, 4) is 11.5 Å². The number of aryl methyl sites for hydroxylation is 1. The zero-order valence-corrected chi connectivity index (χ0v) is 19.5. The summed E-state index contributed by atoms with van der Waals surface area (Å²) in [6.45, 7) is 3.13. The van der Waals surface area contributed by atoms with Crippen LogP contribution in [0.3, 0.4) is 0 Å². The molecule has 2 aliphatic rings. The predicted octanol–water partition coefficient (Wildman–Crippen LogP) is 4.60. The van der Waals surface area contributed by atoms with Crippen LogP contribution in [0.5, 0.6) is 0 Å². The Kier molecular flexibility index (Phi) is 5.76. The van der Waals surface area contributed by atoms with Gasteiger partial charge in [0.25, 0.3) is 0 Å². The van der Waals surface area contributed by atoms with Gasteiger partial charge < -0.3 is 9.47 Å². The fraction of sp³-hybridized carbons (Fsp3) is 0.522. The highest BCUT2D eigenvalue weighted by atomic mass is 32.2. The minimum atomic E-state index is -4.27. The Labute approximate surface area is 195 Å². The van der Waals surface area contributed by atoms with Crippen LogP contribution in [0.4, 0.5) is 13.2 Å². The zero-order chi connectivity index (χ0) is 23.2. The van der Waals surface area contributed by atoms with Crippen molar-refractivity contribution in [1.82, 2.24) is 29.4 Å². The van der Waals surface area contributed by atoms with Crippen LogP contribution in [0.15, 0.2) is 41.7 Å². The van der Waals surface area contributed by atoms with Gasteiger partial charge in [0, 0.05) is 32.6 Å². The fourth-order valence-electron chi connectivity index (χ4n) is 5.06. The molecule has 1 unspecified atom stereocenters.